The molecule has 142 valence electrons. The predicted molar refractivity (Wildman–Crippen MR) is 101 cm³/mol. The van der Waals surface area contributed by atoms with Gasteiger partial charge in [-0.15, -0.1) is 0 Å². The van der Waals surface area contributed by atoms with Crippen molar-refractivity contribution in [1.29, 1.82) is 0 Å². The van der Waals surface area contributed by atoms with Crippen LogP contribution in [-0.2, 0) is 10.2 Å². The Hall–Kier alpha value is -1.42. The van der Waals surface area contributed by atoms with Crippen LogP contribution in [0.15, 0.2) is 24.3 Å². The Morgan fingerprint density at radius 2 is 2.00 bits per heavy atom. The largest absolute Gasteiger partial charge is 0.342 e. The van der Waals surface area contributed by atoms with Crippen LogP contribution in [0, 0.1) is 11.7 Å². The van der Waals surface area contributed by atoms with Crippen molar-refractivity contribution < 1.29 is 9.18 Å². The van der Waals surface area contributed by atoms with Crippen molar-refractivity contribution in [1.82, 2.24) is 10.2 Å². The van der Waals surface area contributed by atoms with E-state index in [0.717, 1.165) is 63.7 Å². The zero-order chi connectivity index (χ0) is 18.0. The van der Waals surface area contributed by atoms with Crippen LogP contribution in [0.4, 0.5) is 4.39 Å². The molecule has 3 aliphatic rings. The molecule has 0 spiro atoms. The summed E-state index contributed by atoms with van der Waals surface area (Å²) in [6, 6.07) is 7.80. The van der Waals surface area contributed by atoms with Gasteiger partial charge in [0.15, 0.2) is 0 Å². The predicted octanol–water partition coefficient (Wildman–Crippen LogP) is 4.02. The Kier molecular flexibility index (Phi) is 5.30. The molecule has 1 saturated carbocycles. The molecule has 26 heavy (non-hydrogen) atoms. The molecular formula is C22H31FN2O. The molecule has 2 saturated heterocycles. The maximum atomic E-state index is 13.9. The Morgan fingerprint density at radius 1 is 1.19 bits per heavy atom. The highest BCUT2D eigenvalue weighted by atomic mass is 19.1. The van der Waals surface area contributed by atoms with Crippen molar-refractivity contribution in [2.24, 2.45) is 5.92 Å². The molecule has 1 aromatic carbocycles. The molecule has 1 aliphatic carbocycles. The lowest BCUT2D eigenvalue weighted by Crippen LogP contribution is -2.48. The zero-order valence-corrected chi connectivity index (χ0v) is 15.7. The lowest BCUT2D eigenvalue weighted by Gasteiger charge is -2.44. The number of carbonyl (C=O) groups is 1. The number of piperidine rings is 1. The number of hydrogen-bond donors (Lipinski definition) is 1. The summed E-state index contributed by atoms with van der Waals surface area (Å²) >= 11 is 0. The molecule has 3 nitrogen and oxygen atoms in total. The average Bonchev–Trinajstić information content (AvgIpc) is 3.12. The van der Waals surface area contributed by atoms with E-state index in [1.807, 2.05) is 6.07 Å². The normalized spacial score (nSPS) is 25.9. The summed E-state index contributed by atoms with van der Waals surface area (Å²) in [7, 11) is 0. The first-order valence-corrected chi connectivity index (χ1v) is 10.4. The van der Waals surface area contributed by atoms with Crippen LogP contribution in [0.1, 0.15) is 63.4 Å². The van der Waals surface area contributed by atoms with E-state index in [0.29, 0.717) is 11.9 Å². The van der Waals surface area contributed by atoms with Crippen LogP contribution in [-0.4, -0.2) is 36.5 Å². The highest BCUT2D eigenvalue weighted by Crippen LogP contribution is 2.41. The van der Waals surface area contributed by atoms with Gasteiger partial charge in [-0.3, -0.25) is 4.79 Å². The molecule has 1 atom stereocenters. The van der Waals surface area contributed by atoms with Crippen molar-refractivity contribution in [3.8, 4) is 0 Å². The number of rotatable bonds is 5. The lowest BCUT2D eigenvalue weighted by atomic mass is 9.69. The van der Waals surface area contributed by atoms with Crippen LogP contribution in [0.2, 0.25) is 0 Å². The first kappa shape index (κ1) is 18.0. The molecule has 0 aromatic heterocycles. The first-order chi connectivity index (χ1) is 12.7. The van der Waals surface area contributed by atoms with Gasteiger partial charge in [0.25, 0.3) is 0 Å². The second-order valence-corrected chi connectivity index (χ2v) is 8.58. The summed E-state index contributed by atoms with van der Waals surface area (Å²) in [5.41, 5.74) is 1.15. The van der Waals surface area contributed by atoms with Crippen molar-refractivity contribution in [3.05, 3.63) is 35.6 Å². The fourth-order valence-corrected chi connectivity index (χ4v) is 5.02. The van der Waals surface area contributed by atoms with Gasteiger partial charge in [0, 0.05) is 25.0 Å². The van der Waals surface area contributed by atoms with Crippen molar-refractivity contribution in [2.45, 2.75) is 69.2 Å². The molecule has 3 fully saturated rings. The number of amides is 1. The Bertz CT molecular complexity index is 629. The van der Waals surface area contributed by atoms with E-state index >= 15 is 0 Å². The average molecular weight is 359 g/mol. The Morgan fingerprint density at radius 3 is 2.62 bits per heavy atom. The van der Waals surface area contributed by atoms with Crippen molar-refractivity contribution in [3.63, 3.8) is 0 Å². The first-order valence-electron chi connectivity index (χ1n) is 10.4. The monoisotopic (exact) mass is 358 g/mol. The molecule has 1 unspecified atom stereocenters. The summed E-state index contributed by atoms with van der Waals surface area (Å²) in [5, 5.41) is 3.59. The van der Waals surface area contributed by atoms with E-state index < -0.39 is 0 Å². The highest BCUT2D eigenvalue weighted by Gasteiger charge is 2.39. The van der Waals surface area contributed by atoms with Gasteiger partial charge in [0.2, 0.25) is 5.91 Å². The van der Waals surface area contributed by atoms with E-state index in [2.05, 4.69) is 16.3 Å². The third-order valence-electron chi connectivity index (χ3n) is 7.06. The van der Waals surface area contributed by atoms with Crippen LogP contribution in [0.25, 0.3) is 0 Å². The van der Waals surface area contributed by atoms with E-state index in [-0.39, 0.29) is 17.2 Å². The summed E-state index contributed by atoms with van der Waals surface area (Å²) in [4.78, 5) is 14.7. The topological polar surface area (TPSA) is 32.3 Å². The molecule has 4 heteroatoms. The van der Waals surface area contributed by atoms with E-state index in [1.54, 1.807) is 6.07 Å². The van der Waals surface area contributed by atoms with E-state index in [9.17, 15) is 9.18 Å². The van der Waals surface area contributed by atoms with Crippen LogP contribution < -0.4 is 5.32 Å². The smallest absolute Gasteiger partial charge is 0.225 e. The van der Waals surface area contributed by atoms with Gasteiger partial charge in [-0.25, -0.2) is 4.39 Å². The quantitative estimate of drug-likeness (QED) is 0.862. The number of hydrogen-bond acceptors (Lipinski definition) is 2. The molecule has 1 amide bonds. The fraction of sp³-hybridized carbons (Fsp3) is 0.682. The van der Waals surface area contributed by atoms with Gasteiger partial charge >= 0.3 is 0 Å². The van der Waals surface area contributed by atoms with Gasteiger partial charge in [-0.1, -0.05) is 18.6 Å². The van der Waals surface area contributed by atoms with Crippen molar-refractivity contribution in [2.75, 3.05) is 19.6 Å². The minimum absolute atomic E-state index is 0.0166. The van der Waals surface area contributed by atoms with Gasteiger partial charge in [-0.05, 0) is 81.0 Å². The summed E-state index contributed by atoms with van der Waals surface area (Å²) in [5.74, 6) is 0.495. The Labute approximate surface area is 156 Å². The summed E-state index contributed by atoms with van der Waals surface area (Å²) in [6.07, 6.45) is 10.0. The van der Waals surface area contributed by atoms with E-state index in [1.165, 1.54) is 25.3 Å². The third kappa shape index (κ3) is 3.66. The molecule has 0 radical (unpaired) electrons. The number of halogens is 1. The standard InChI is InChI=1S/C22H31FN2O/c23-19-7-2-6-18(16-19)22(10-9-20-8-3-13-24-20)11-14-25(15-12-22)21(26)17-4-1-5-17/h2,6-7,16-17,20,24H,1,3-5,8-15H2. The van der Waals surface area contributed by atoms with Gasteiger partial charge in [0.1, 0.15) is 5.82 Å². The van der Waals surface area contributed by atoms with Crippen molar-refractivity contribution >= 4 is 5.91 Å². The van der Waals surface area contributed by atoms with Gasteiger partial charge in [-0.2, -0.15) is 0 Å². The van der Waals surface area contributed by atoms with Crippen LogP contribution >= 0.6 is 0 Å². The summed E-state index contributed by atoms with van der Waals surface area (Å²) in [6.45, 7) is 2.77. The van der Waals surface area contributed by atoms with Crippen LogP contribution in [0.5, 0.6) is 0 Å². The number of nitrogens with one attached hydrogen (secondary N) is 1. The molecule has 1 N–H and O–H groups in total. The maximum Gasteiger partial charge on any atom is 0.225 e. The molecular weight excluding hydrogens is 327 g/mol. The number of likely N-dealkylation sites (tertiary alicyclic amines) is 1. The highest BCUT2D eigenvalue weighted by molar-refractivity contribution is 5.79. The van der Waals surface area contributed by atoms with Gasteiger partial charge in [0.05, 0.1) is 0 Å². The maximum absolute atomic E-state index is 13.9. The van der Waals surface area contributed by atoms with Crippen LogP contribution in [0.3, 0.4) is 0 Å². The zero-order valence-electron chi connectivity index (χ0n) is 15.7. The number of nitrogens with zero attached hydrogens (tertiary/aromatic N) is 1. The molecule has 1 aromatic rings. The number of benzene rings is 1. The SMILES string of the molecule is O=C(C1CCC1)N1CCC(CCC2CCCN2)(c2cccc(F)c2)CC1. The second kappa shape index (κ2) is 7.67. The Balaban J connectivity index is 1.47. The molecule has 4 rings (SSSR count). The van der Waals surface area contributed by atoms with E-state index in [4.69, 9.17) is 0 Å². The lowest BCUT2D eigenvalue weighted by molar-refractivity contribution is -0.139. The number of carbonyl (C=O) groups excluding carboxylic acids is 1. The fourth-order valence-electron chi connectivity index (χ4n) is 5.02. The second-order valence-electron chi connectivity index (χ2n) is 8.58. The molecule has 0 bridgehead atoms. The molecule has 2 aliphatic heterocycles. The third-order valence-corrected chi connectivity index (χ3v) is 7.06. The van der Waals surface area contributed by atoms with Gasteiger partial charge < -0.3 is 10.2 Å². The minimum Gasteiger partial charge on any atom is -0.342 e. The molecule has 2 heterocycles. The minimum atomic E-state index is -0.145. The summed E-state index contributed by atoms with van der Waals surface area (Å²) < 4.78 is 13.9.